The molecule has 87 heavy (non-hydrogen) atoms. The minimum absolute atomic E-state index is 0.000686. The van der Waals surface area contributed by atoms with Gasteiger partial charge in [-0.05, 0) is 76.9 Å². The van der Waals surface area contributed by atoms with Gasteiger partial charge in [0.05, 0.1) is 66.1 Å². The molecule has 0 saturated carbocycles. The molecule has 6 aromatic rings. The summed E-state index contributed by atoms with van der Waals surface area (Å²) in [6, 6.07) is 56.1. The standard InChI is InChI=1S/C48H54O11.C22H32O5S/c1-33-44(59-48-46(55-30-37-21-13-6-14-22-37)43(50)42(49)40(57-48)31-52-27-34-15-7-3-8-16-34)41(32-53-28-35-17-9-4-10-18-35)58-47(56-39-25-23-38(51-2)24-26-39)45(33)54-29-36-19-11-5-12-20-36;1-7-19(26-17(5)23)16(4)20-15(3)14(2)13-22(27-20,21(24)25-6)28-18-11-9-8-10-12-18/h3-26,33,40-50H,27-32H2,1-2H3;8-12,14-16,19-20H,7,13H2,1-6H3/t33?,40?,41-,42-,43-,44-,45?,46?,47+,48-;14?,15-,16-,19-,20-,22+/m01/s1. The highest BCUT2D eigenvalue weighted by atomic mass is 32.2. The van der Waals surface area contributed by atoms with E-state index >= 15 is 0 Å². The Labute approximate surface area is 517 Å². The summed E-state index contributed by atoms with van der Waals surface area (Å²) in [6.07, 6.45) is -7.99. The number of aliphatic hydroxyl groups is 2. The van der Waals surface area contributed by atoms with Crippen molar-refractivity contribution in [1.82, 2.24) is 0 Å². The highest BCUT2D eigenvalue weighted by Gasteiger charge is 2.54. The molecule has 0 bridgehead atoms. The van der Waals surface area contributed by atoms with Gasteiger partial charge in [-0.1, -0.05) is 186 Å². The van der Waals surface area contributed by atoms with Gasteiger partial charge in [0.15, 0.2) is 6.29 Å². The fraction of sp³-hybridized carbons (Fsp3) is 0.457. The van der Waals surface area contributed by atoms with Crippen molar-refractivity contribution in [2.75, 3.05) is 27.4 Å². The summed E-state index contributed by atoms with van der Waals surface area (Å²) in [7, 11) is 3.01. The Hall–Kier alpha value is -6.19. The van der Waals surface area contributed by atoms with Gasteiger partial charge in [0, 0.05) is 30.1 Å². The molecular weight excluding hydrogens is 1130 g/mol. The molecule has 6 aromatic carbocycles. The van der Waals surface area contributed by atoms with Gasteiger partial charge >= 0.3 is 11.9 Å². The summed E-state index contributed by atoms with van der Waals surface area (Å²) in [4.78, 5) is 24.2. The van der Waals surface area contributed by atoms with Crippen LogP contribution in [0.1, 0.15) is 76.6 Å². The summed E-state index contributed by atoms with van der Waals surface area (Å²) in [6.45, 7) is 13.0. The molecule has 5 unspecified atom stereocenters. The first-order valence-electron chi connectivity index (χ1n) is 30.0. The van der Waals surface area contributed by atoms with Gasteiger partial charge in [0.25, 0.3) is 0 Å². The Kier molecular flexibility index (Phi) is 25.6. The van der Waals surface area contributed by atoms with E-state index in [0.29, 0.717) is 37.6 Å². The van der Waals surface area contributed by atoms with E-state index < -0.39 is 60.2 Å². The average molecular weight is 1220 g/mol. The van der Waals surface area contributed by atoms with Crippen LogP contribution in [0.2, 0.25) is 0 Å². The lowest BCUT2D eigenvalue weighted by Gasteiger charge is -2.48. The van der Waals surface area contributed by atoms with Gasteiger partial charge in [0.2, 0.25) is 11.2 Å². The highest BCUT2D eigenvalue weighted by Crippen LogP contribution is 2.49. The zero-order valence-electron chi connectivity index (χ0n) is 51.1. The van der Waals surface area contributed by atoms with Gasteiger partial charge in [-0.2, -0.15) is 0 Å². The van der Waals surface area contributed by atoms with E-state index in [2.05, 4.69) is 13.8 Å². The van der Waals surface area contributed by atoms with Crippen molar-refractivity contribution in [3.05, 3.63) is 198 Å². The number of carbonyl (C=O) groups excluding carboxylic acids is 2. The quantitative estimate of drug-likeness (QED) is 0.0488. The highest BCUT2D eigenvalue weighted by molar-refractivity contribution is 8.01. The molecule has 16 atom stereocenters. The topological polar surface area (TPSA) is 185 Å². The Morgan fingerprint density at radius 2 is 1.08 bits per heavy atom. The normalized spacial score (nSPS) is 27.8. The SMILES string of the molecule is CC[C@@H](OC(C)=O)[C@@H](C)[C@@H]1O[C@@](Sc2ccccc2)(C(=O)OC)CC(C)[C@H]1C.COc1ccc(O[C@@H]2O[C@@H](COCc3ccccc3)[C@@H](O[C@@H]3OC(COCc4ccccc4)[C@H](O)[C@H](O)C3OCc3ccccc3)C(C)C2OCc2ccccc2)cc1. The summed E-state index contributed by atoms with van der Waals surface area (Å²) in [5.74, 6) is 0.620. The van der Waals surface area contributed by atoms with E-state index in [9.17, 15) is 19.8 Å². The second-order valence-electron chi connectivity index (χ2n) is 22.5. The van der Waals surface area contributed by atoms with Gasteiger partial charge in [0.1, 0.15) is 54.2 Å². The predicted octanol–water partition coefficient (Wildman–Crippen LogP) is 11.6. The molecule has 16 nitrogen and oxygen atoms in total. The van der Waals surface area contributed by atoms with Crippen molar-refractivity contribution < 1.29 is 76.6 Å². The smallest absolute Gasteiger partial charge is 0.349 e. The van der Waals surface area contributed by atoms with Gasteiger partial charge < -0.3 is 67.1 Å². The van der Waals surface area contributed by atoms with Crippen molar-refractivity contribution in [3.63, 3.8) is 0 Å². The van der Waals surface area contributed by atoms with Crippen molar-refractivity contribution in [2.24, 2.45) is 23.7 Å². The molecular formula is C70H86O16S. The fourth-order valence-electron chi connectivity index (χ4n) is 11.3. The largest absolute Gasteiger partial charge is 0.497 e. The van der Waals surface area contributed by atoms with Crippen LogP contribution in [-0.4, -0.2) is 122 Å². The number of thioether (sulfide) groups is 1. The monoisotopic (exact) mass is 1210 g/mol. The van der Waals surface area contributed by atoms with Gasteiger partial charge in [-0.3, -0.25) is 4.79 Å². The molecule has 3 saturated heterocycles. The molecule has 0 aromatic heterocycles. The fourth-order valence-corrected chi connectivity index (χ4v) is 12.6. The first-order chi connectivity index (χ1) is 42.2. The van der Waals surface area contributed by atoms with Crippen LogP contribution in [-0.2, 0) is 83.4 Å². The first-order valence-corrected chi connectivity index (χ1v) is 30.9. The number of benzene rings is 6. The predicted molar refractivity (Wildman–Crippen MR) is 329 cm³/mol. The van der Waals surface area contributed by atoms with E-state index in [4.69, 9.17) is 56.8 Å². The summed E-state index contributed by atoms with van der Waals surface area (Å²) in [5, 5.41) is 23.1. The number of rotatable bonds is 26. The van der Waals surface area contributed by atoms with Crippen molar-refractivity contribution in [1.29, 1.82) is 0 Å². The van der Waals surface area contributed by atoms with Crippen molar-refractivity contribution in [3.8, 4) is 11.5 Å². The molecule has 9 rings (SSSR count). The molecule has 0 amide bonds. The van der Waals surface area contributed by atoms with Gasteiger partial charge in [-0.15, -0.1) is 0 Å². The van der Waals surface area contributed by atoms with E-state index in [-0.39, 0.29) is 74.2 Å². The summed E-state index contributed by atoms with van der Waals surface area (Å²) < 4.78 is 74.8. The number of hydrogen-bond donors (Lipinski definition) is 2. The molecule has 3 aliphatic rings. The van der Waals surface area contributed by atoms with Crippen LogP contribution in [0.3, 0.4) is 0 Å². The molecule has 3 heterocycles. The minimum Gasteiger partial charge on any atom is -0.497 e. The Balaban J connectivity index is 0.000000294. The zero-order valence-corrected chi connectivity index (χ0v) is 51.9. The van der Waals surface area contributed by atoms with E-state index in [1.165, 1.54) is 25.8 Å². The molecule has 3 fully saturated rings. The van der Waals surface area contributed by atoms with Crippen LogP contribution in [0.25, 0.3) is 0 Å². The Morgan fingerprint density at radius 3 is 1.59 bits per heavy atom. The molecule has 0 spiro atoms. The summed E-state index contributed by atoms with van der Waals surface area (Å²) in [5.41, 5.74) is 3.84. The third-order valence-corrected chi connectivity index (χ3v) is 17.5. The number of aliphatic hydroxyl groups excluding tert-OH is 2. The molecule has 17 heteroatoms. The third-order valence-electron chi connectivity index (χ3n) is 16.3. The molecule has 0 radical (unpaired) electrons. The number of hydrogen-bond acceptors (Lipinski definition) is 17. The van der Waals surface area contributed by atoms with Crippen molar-refractivity contribution in [2.45, 2.75) is 158 Å². The second-order valence-corrected chi connectivity index (χ2v) is 23.9. The van der Waals surface area contributed by atoms with Crippen LogP contribution in [0.5, 0.6) is 11.5 Å². The Morgan fingerprint density at radius 1 is 0.598 bits per heavy atom. The lowest BCUT2D eigenvalue weighted by atomic mass is 9.77. The van der Waals surface area contributed by atoms with Crippen LogP contribution in [0.15, 0.2) is 181 Å². The van der Waals surface area contributed by atoms with Crippen LogP contribution < -0.4 is 9.47 Å². The first kappa shape index (κ1) is 66.8. The maximum Gasteiger partial charge on any atom is 0.349 e. The number of carbonyl (C=O) groups is 2. The number of ether oxygens (including phenoxy) is 12. The zero-order chi connectivity index (χ0) is 61.7. The van der Waals surface area contributed by atoms with Crippen LogP contribution >= 0.6 is 11.8 Å². The maximum atomic E-state index is 12.9. The second kappa shape index (κ2) is 33.4. The molecule has 0 aliphatic carbocycles. The van der Waals surface area contributed by atoms with Crippen molar-refractivity contribution >= 4 is 23.7 Å². The third kappa shape index (κ3) is 18.7. The molecule has 2 N–H and O–H groups in total. The van der Waals surface area contributed by atoms with Crippen LogP contribution in [0.4, 0.5) is 0 Å². The Bertz CT molecular complexity index is 2930. The van der Waals surface area contributed by atoms with Crippen LogP contribution in [0, 0.1) is 23.7 Å². The lowest BCUT2D eigenvalue weighted by Crippen LogP contribution is -2.64. The van der Waals surface area contributed by atoms with Gasteiger partial charge in [-0.25, -0.2) is 4.79 Å². The van der Waals surface area contributed by atoms with E-state index in [0.717, 1.165) is 27.1 Å². The number of esters is 2. The maximum absolute atomic E-state index is 12.9. The minimum atomic E-state index is -1.37. The lowest BCUT2D eigenvalue weighted by molar-refractivity contribution is -0.356. The van der Waals surface area contributed by atoms with E-state index in [1.807, 2.05) is 197 Å². The number of methoxy groups -OCH3 is 2. The van der Waals surface area contributed by atoms with E-state index in [1.54, 1.807) is 7.11 Å². The average Bonchev–Trinajstić information content (AvgIpc) is 1.50. The molecule has 3 aliphatic heterocycles. The summed E-state index contributed by atoms with van der Waals surface area (Å²) >= 11 is 1.40. The molecule has 468 valence electrons.